The lowest BCUT2D eigenvalue weighted by molar-refractivity contribution is 0.432. The molecule has 0 unspecified atom stereocenters. The highest BCUT2D eigenvalue weighted by Gasteiger charge is 2.14. The molecule has 104 valence electrons. The molecule has 3 heterocycles. The van der Waals surface area contributed by atoms with Gasteiger partial charge in [-0.05, 0) is 36.6 Å². The van der Waals surface area contributed by atoms with E-state index in [9.17, 15) is 0 Å². The molecule has 0 amide bonds. The van der Waals surface area contributed by atoms with Crippen LogP contribution in [0.25, 0.3) is 23.0 Å². The zero-order chi connectivity index (χ0) is 14.1. The van der Waals surface area contributed by atoms with Crippen LogP contribution in [0.3, 0.4) is 0 Å². The lowest BCUT2D eigenvalue weighted by Crippen LogP contribution is -2.11. The van der Waals surface area contributed by atoms with E-state index in [0.717, 1.165) is 24.9 Å². The third kappa shape index (κ3) is 2.24. The van der Waals surface area contributed by atoms with E-state index in [1.807, 2.05) is 6.07 Å². The van der Waals surface area contributed by atoms with Crippen LogP contribution in [0, 0.1) is 0 Å². The van der Waals surface area contributed by atoms with Crippen LogP contribution in [0.15, 0.2) is 41.3 Å². The Morgan fingerprint density at radius 2 is 2.19 bits per heavy atom. The number of fused-ring (bicyclic) bond motifs is 1. The fourth-order valence-corrected chi connectivity index (χ4v) is 2.47. The van der Waals surface area contributed by atoms with Gasteiger partial charge < -0.3 is 9.84 Å². The number of anilines is 1. The molecule has 0 spiro atoms. The molecule has 1 aliphatic heterocycles. The molecule has 3 aromatic rings. The molecule has 0 saturated carbocycles. The maximum absolute atomic E-state index is 5.35. The molecule has 21 heavy (non-hydrogen) atoms. The second kappa shape index (κ2) is 4.97. The van der Waals surface area contributed by atoms with E-state index in [1.165, 1.54) is 11.3 Å². The molecule has 0 aliphatic carbocycles. The predicted molar refractivity (Wildman–Crippen MR) is 77.6 cm³/mol. The van der Waals surface area contributed by atoms with Gasteiger partial charge in [0.2, 0.25) is 5.82 Å². The minimum Gasteiger partial charge on any atom is -0.385 e. The first-order valence-corrected chi connectivity index (χ1v) is 6.87. The van der Waals surface area contributed by atoms with Crippen LogP contribution in [-0.4, -0.2) is 26.7 Å². The van der Waals surface area contributed by atoms with Crippen molar-refractivity contribution < 1.29 is 4.52 Å². The van der Waals surface area contributed by atoms with Gasteiger partial charge in [0, 0.05) is 30.2 Å². The number of nitrogens with one attached hydrogen (secondary N) is 1. The molecule has 6 heteroatoms. The zero-order valence-electron chi connectivity index (χ0n) is 11.3. The van der Waals surface area contributed by atoms with E-state index >= 15 is 0 Å². The molecule has 0 fully saturated rings. The van der Waals surface area contributed by atoms with Crippen molar-refractivity contribution in [3.05, 3.63) is 42.4 Å². The Bertz CT molecular complexity index is 769. The molecular formula is C15H13N5O. The second-order valence-electron chi connectivity index (χ2n) is 4.92. The highest BCUT2D eigenvalue weighted by atomic mass is 16.5. The first kappa shape index (κ1) is 12.0. The number of rotatable bonds is 2. The lowest BCUT2D eigenvalue weighted by atomic mass is 10.0. The van der Waals surface area contributed by atoms with E-state index in [4.69, 9.17) is 4.52 Å². The number of aryl methyl sites for hydroxylation is 1. The van der Waals surface area contributed by atoms with Crippen LogP contribution >= 0.6 is 0 Å². The number of aromatic nitrogens is 4. The third-order valence-electron chi connectivity index (χ3n) is 3.51. The van der Waals surface area contributed by atoms with Crippen LogP contribution in [0.1, 0.15) is 12.0 Å². The van der Waals surface area contributed by atoms with Crippen LogP contribution in [0.2, 0.25) is 0 Å². The SMILES string of the molecule is c1cnc(-c2noc(-c3ccc4c(c3)CCCN4)n2)cn1. The summed E-state index contributed by atoms with van der Waals surface area (Å²) in [6, 6.07) is 6.16. The molecule has 0 bridgehead atoms. The van der Waals surface area contributed by atoms with Crippen molar-refractivity contribution in [3.63, 3.8) is 0 Å². The topological polar surface area (TPSA) is 76.7 Å². The Morgan fingerprint density at radius 1 is 1.19 bits per heavy atom. The van der Waals surface area contributed by atoms with Gasteiger partial charge in [0.15, 0.2) is 0 Å². The molecule has 0 atom stereocenters. The van der Waals surface area contributed by atoms with Gasteiger partial charge >= 0.3 is 0 Å². The summed E-state index contributed by atoms with van der Waals surface area (Å²) in [4.78, 5) is 12.6. The number of hydrogen-bond donors (Lipinski definition) is 1. The van der Waals surface area contributed by atoms with Gasteiger partial charge in [0.25, 0.3) is 5.89 Å². The predicted octanol–water partition coefficient (Wildman–Crippen LogP) is 2.55. The van der Waals surface area contributed by atoms with E-state index in [0.29, 0.717) is 17.4 Å². The van der Waals surface area contributed by atoms with Crippen LogP contribution in [-0.2, 0) is 6.42 Å². The van der Waals surface area contributed by atoms with Gasteiger partial charge in [-0.1, -0.05) is 5.16 Å². The summed E-state index contributed by atoms with van der Waals surface area (Å²) in [6.07, 6.45) is 7.05. The normalized spacial score (nSPS) is 13.5. The van der Waals surface area contributed by atoms with Crippen molar-refractivity contribution in [3.8, 4) is 23.0 Å². The summed E-state index contributed by atoms with van der Waals surface area (Å²) in [7, 11) is 0. The van der Waals surface area contributed by atoms with Crippen LogP contribution in [0.5, 0.6) is 0 Å². The molecule has 1 aliphatic rings. The van der Waals surface area contributed by atoms with E-state index < -0.39 is 0 Å². The van der Waals surface area contributed by atoms with Gasteiger partial charge in [0.05, 0.1) is 6.20 Å². The first-order valence-electron chi connectivity index (χ1n) is 6.87. The first-order chi connectivity index (χ1) is 10.4. The van der Waals surface area contributed by atoms with E-state index in [1.54, 1.807) is 18.6 Å². The van der Waals surface area contributed by atoms with E-state index in [-0.39, 0.29) is 0 Å². The Balaban J connectivity index is 1.70. The van der Waals surface area contributed by atoms with Gasteiger partial charge in [0.1, 0.15) is 5.69 Å². The molecular weight excluding hydrogens is 266 g/mol. The van der Waals surface area contributed by atoms with Crippen LogP contribution < -0.4 is 5.32 Å². The fourth-order valence-electron chi connectivity index (χ4n) is 2.47. The summed E-state index contributed by atoms with van der Waals surface area (Å²) in [5, 5.41) is 7.36. The Hall–Kier alpha value is -2.76. The number of hydrogen-bond acceptors (Lipinski definition) is 6. The minimum absolute atomic E-state index is 0.453. The standard InChI is InChI=1S/C15H13N5O/c1-2-10-8-11(3-4-12(10)17-5-1)15-19-14(20-21-15)13-9-16-6-7-18-13/h3-4,6-9,17H,1-2,5H2. The van der Waals surface area contributed by atoms with Gasteiger partial charge in [-0.2, -0.15) is 4.98 Å². The zero-order valence-corrected chi connectivity index (χ0v) is 11.3. The Morgan fingerprint density at radius 3 is 3.10 bits per heavy atom. The summed E-state index contributed by atoms with van der Waals surface area (Å²) >= 11 is 0. The Labute approximate surface area is 121 Å². The molecule has 1 aromatic carbocycles. The van der Waals surface area contributed by atoms with Crippen molar-refractivity contribution in [2.45, 2.75) is 12.8 Å². The molecule has 0 radical (unpaired) electrons. The summed E-state index contributed by atoms with van der Waals surface area (Å²) in [5.74, 6) is 0.956. The number of benzene rings is 1. The largest absolute Gasteiger partial charge is 0.385 e. The summed E-state index contributed by atoms with van der Waals surface area (Å²) in [5.41, 5.74) is 4.02. The fraction of sp³-hybridized carbons (Fsp3) is 0.200. The van der Waals surface area contributed by atoms with Gasteiger partial charge in [-0.25, -0.2) is 4.98 Å². The molecule has 0 saturated heterocycles. The van der Waals surface area contributed by atoms with Crippen molar-refractivity contribution in [2.24, 2.45) is 0 Å². The minimum atomic E-state index is 0.453. The van der Waals surface area contributed by atoms with Crippen LogP contribution in [0.4, 0.5) is 5.69 Å². The van der Waals surface area contributed by atoms with E-state index in [2.05, 4.69) is 37.6 Å². The van der Waals surface area contributed by atoms with Crippen molar-refractivity contribution in [1.82, 2.24) is 20.1 Å². The second-order valence-corrected chi connectivity index (χ2v) is 4.92. The van der Waals surface area contributed by atoms with Gasteiger partial charge in [-0.15, -0.1) is 0 Å². The highest BCUT2D eigenvalue weighted by molar-refractivity contribution is 5.64. The maximum Gasteiger partial charge on any atom is 0.258 e. The molecule has 1 N–H and O–H groups in total. The van der Waals surface area contributed by atoms with Crippen molar-refractivity contribution in [1.29, 1.82) is 0 Å². The monoisotopic (exact) mass is 279 g/mol. The Kier molecular flexibility index (Phi) is 2.85. The number of nitrogens with zero attached hydrogens (tertiary/aromatic N) is 4. The summed E-state index contributed by atoms with van der Waals surface area (Å²) in [6.45, 7) is 1.03. The lowest BCUT2D eigenvalue weighted by Gasteiger charge is -2.17. The molecule has 4 rings (SSSR count). The third-order valence-corrected chi connectivity index (χ3v) is 3.51. The van der Waals surface area contributed by atoms with Crippen molar-refractivity contribution >= 4 is 5.69 Å². The molecule has 2 aromatic heterocycles. The summed E-state index contributed by atoms with van der Waals surface area (Å²) < 4.78 is 5.35. The van der Waals surface area contributed by atoms with Gasteiger partial charge in [-0.3, -0.25) is 4.98 Å². The average Bonchev–Trinajstić information content (AvgIpc) is 3.05. The highest BCUT2D eigenvalue weighted by Crippen LogP contribution is 2.28. The average molecular weight is 279 g/mol. The quantitative estimate of drug-likeness (QED) is 0.776. The smallest absolute Gasteiger partial charge is 0.258 e. The molecule has 6 nitrogen and oxygen atoms in total. The van der Waals surface area contributed by atoms with Crippen molar-refractivity contribution in [2.75, 3.05) is 11.9 Å². The maximum atomic E-state index is 5.35.